The van der Waals surface area contributed by atoms with Crippen LogP contribution in [0.5, 0.6) is 11.5 Å². The molecule has 0 unspecified atom stereocenters. The Morgan fingerprint density at radius 1 is 0.962 bits per heavy atom. The Morgan fingerprint density at radius 2 is 1.77 bits per heavy atom. The lowest BCUT2D eigenvalue weighted by Gasteiger charge is -2.13. The summed E-state index contributed by atoms with van der Waals surface area (Å²) in [4.78, 5) is 8.72. The van der Waals surface area contributed by atoms with E-state index < -0.39 is 0 Å². The lowest BCUT2D eigenvalue weighted by atomic mass is 10.3. The molecule has 0 saturated heterocycles. The van der Waals surface area contributed by atoms with Gasteiger partial charge in [-0.1, -0.05) is 30.3 Å². The Balaban J connectivity index is 1.69. The number of hydrogen-bond acceptors (Lipinski definition) is 6. The van der Waals surface area contributed by atoms with Gasteiger partial charge in [-0.15, -0.1) is 0 Å². The van der Waals surface area contributed by atoms with E-state index in [-0.39, 0.29) is 0 Å². The van der Waals surface area contributed by atoms with Crippen molar-refractivity contribution >= 4 is 17.5 Å². The molecule has 2 N–H and O–H groups in total. The normalized spacial score (nSPS) is 10.3. The van der Waals surface area contributed by atoms with Crippen LogP contribution in [0, 0.1) is 0 Å². The molecule has 0 amide bonds. The molecular weight excluding hydrogens is 328 g/mol. The predicted octanol–water partition coefficient (Wildman–Crippen LogP) is 4.46. The largest absolute Gasteiger partial charge is 0.455 e. The second-order valence-corrected chi connectivity index (χ2v) is 5.57. The van der Waals surface area contributed by atoms with Crippen LogP contribution in [0.1, 0.15) is 6.42 Å². The molecule has 0 atom stereocenters. The van der Waals surface area contributed by atoms with Crippen molar-refractivity contribution in [3.05, 3.63) is 66.9 Å². The van der Waals surface area contributed by atoms with E-state index in [1.54, 1.807) is 13.3 Å². The van der Waals surface area contributed by atoms with Crippen LogP contribution in [-0.4, -0.2) is 30.2 Å². The summed E-state index contributed by atoms with van der Waals surface area (Å²) in [6.07, 6.45) is 2.61. The van der Waals surface area contributed by atoms with Crippen molar-refractivity contribution in [3.8, 4) is 11.5 Å². The highest BCUT2D eigenvalue weighted by Crippen LogP contribution is 2.30. The molecular formula is C20H22N4O2. The van der Waals surface area contributed by atoms with E-state index in [1.165, 1.54) is 0 Å². The number of methoxy groups -OCH3 is 1. The third kappa shape index (κ3) is 5.19. The zero-order chi connectivity index (χ0) is 18.0. The summed E-state index contributed by atoms with van der Waals surface area (Å²) < 4.78 is 11.0. The summed E-state index contributed by atoms with van der Waals surface area (Å²) >= 11 is 0. The highest BCUT2D eigenvalue weighted by molar-refractivity contribution is 5.65. The SMILES string of the molecule is COCCCNc1nccc(Nc2ccccc2Oc2ccccc2)n1. The Labute approximate surface area is 153 Å². The third-order valence-corrected chi connectivity index (χ3v) is 3.58. The highest BCUT2D eigenvalue weighted by atomic mass is 16.5. The van der Waals surface area contributed by atoms with Crippen LogP contribution in [-0.2, 0) is 4.74 Å². The van der Waals surface area contributed by atoms with Crippen LogP contribution >= 0.6 is 0 Å². The molecule has 26 heavy (non-hydrogen) atoms. The summed E-state index contributed by atoms with van der Waals surface area (Å²) in [7, 11) is 1.69. The van der Waals surface area contributed by atoms with Crippen LogP contribution in [0.25, 0.3) is 0 Å². The first-order valence-electron chi connectivity index (χ1n) is 8.50. The first kappa shape index (κ1) is 17.7. The zero-order valence-corrected chi connectivity index (χ0v) is 14.7. The molecule has 0 aliphatic carbocycles. The molecule has 1 aromatic heterocycles. The average Bonchev–Trinajstić information content (AvgIpc) is 2.68. The topological polar surface area (TPSA) is 68.3 Å². The Bertz CT molecular complexity index is 812. The van der Waals surface area contributed by atoms with Crippen LogP contribution in [0.3, 0.4) is 0 Å². The minimum absolute atomic E-state index is 0.576. The summed E-state index contributed by atoms with van der Waals surface area (Å²) in [6.45, 7) is 1.46. The van der Waals surface area contributed by atoms with Gasteiger partial charge in [-0.05, 0) is 36.8 Å². The molecule has 6 heteroatoms. The summed E-state index contributed by atoms with van der Waals surface area (Å²) in [5.41, 5.74) is 0.834. The van der Waals surface area contributed by atoms with Crippen molar-refractivity contribution in [1.82, 2.24) is 9.97 Å². The van der Waals surface area contributed by atoms with E-state index in [9.17, 15) is 0 Å². The fraction of sp³-hybridized carbons (Fsp3) is 0.200. The van der Waals surface area contributed by atoms with Crippen molar-refractivity contribution < 1.29 is 9.47 Å². The highest BCUT2D eigenvalue weighted by Gasteiger charge is 2.06. The van der Waals surface area contributed by atoms with E-state index >= 15 is 0 Å². The fourth-order valence-corrected chi connectivity index (χ4v) is 2.34. The van der Waals surface area contributed by atoms with Crippen molar-refractivity contribution in [2.45, 2.75) is 6.42 Å². The number of nitrogens with zero attached hydrogens (tertiary/aromatic N) is 2. The quantitative estimate of drug-likeness (QED) is 0.555. The van der Waals surface area contributed by atoms with E-state index in [4.69, 9.17) is 9.47 Å². The first-order chi connectivity index (χ1) is 12.8. The molecule has 0 fully saturated rings. The molecule has 0 aliphatic rings. The fourth-order valence-electron chi connectivity index (χ4n) is 2.34. The van der Waals surface area contributed by atoms with Gasteiger partial charge in [0.1, 0.15) is 11.6 Å². The number of nitrogens with one attached hydrogen (secondary N) is 2. The number of ether oxygens (including phenoxy) is 2. The van der Waals surface area contributed by atoms with Gasteiger partial charge in [0.2, 0.25) is 5.95 Å². The van der Waals surface area contributed by atoms with Gasteiger partial charge >= 0.3 is 0 Å². The second-order valence-electron chi connectivity index (χ2n) is 5.57. The van der Waals surface area contributed by atoms with Crippen molar-refractivity contribution in [3.63, 3.8) is 0 Å². The molecule has 3 aromatic rings. The molecule has 3 rings (SSSR count). The maximum absolute atomic E-state index is 5.97. The van der Waals surface area contributed by atoms with Crippen LogP contribution in [0.4, 0.5) is 17.5 Å². The van der Waals surface area contributed by atoms with Crippen molar-refractivity contribution in [1.29, 1.82) is 0 Å². The predicted molar refractivity (Wildman–Crippen MR) is 103 cm³/mol. The van der Waals surface area contributed by atoms with Crippen LogP contribution in [0.15, 0.2) is 66.9 Å². The van der Waals surface area contributed by atoms with Crippen LogP contribution < -0.4 is 15.4 Å². The van der Waals surface area contributed by atoms with E-state index in [0.29, 0.717) is 18.4 Å². The minimum atomic E-state index is 0.576. The van der Waals surface area contributed by atoms with Crippen molar-refractivity contribution in [2.75, 3.05) is 30.9 Å². The number of benzene rings is 2. The van der Waals surface area contributed by atoms with Gasteiger partial charge in [-0.2, -0.15) is 4.98 Å². The lowest BCUT2D eigenvalue weighted by molar-refractivity contribution is 0.197. The molecule has 0 spiro atoms. The van der Waals surface area contributed by atoms with E-state index in [1.807, 2.05) is 60.7 Å². The summed E-state index contributed by atoms with van der Waals surface area (Å²) in [5.74, 6) is 2.78. The molecule has 6 nitrogen and oxygen atoms in total. The van der Waals surface area contributed by atoms with Gasteiger partial charge in [-0.3, -0.25) is 0 Å². The van der Waals surface area contributed by atoms with Crippen LogP contribution in [0.2, 0.25) is 0 Å². The molecule has 1 heterocycles. The number of aromatic nitrogens is 2. The standard InChI is InChI=1S/C20H22N4O2/c1-25-15-7-13-21-20-22-14-12-19(24-20)23-17-10-5-6-11-18(17)26-16-8-3-2-4-9-16/h2-6,8-12,14H,7,13,15H2,1H3,(H2,21,22,23,24). The monoisotopic (exact) mass is 350 g/mol. The number of rotatable bonds is 9. The molecule has 0 aliphatic heterocycles. The summed E-state index contributed by atoms with van der Waals surface area (Å²) in [6, 6.07) is 19.3. The van der Waals surface area contributed by atoms with Gasteiger partial charge in [0, 0.05) is 26.5 Å². The first-order valence-corrected chi connectivity index (χ1v) is 8.50. The number of para-hydroxylation sites is 3. The van der Waals surface area contributed by atoms with E-state index in [2.05, 4.69) is 20.6 Å². The van der Waals surface area contributed by atoms with Gasteiger partial charge in [0.15, 0.2) is 5.75 Å². The molecule has 134 valence electrons. The maximum atomic E-state index is 5.97. The van der Waals surface area contributed by atoms with Gasteiger partial charge < -0.3 is 20.1 Å². The van der Waals surface area contributed by atoms with E-state index in [0.717, 1.165) is 30.2 Å². The summed E-state index contributed by atoms with van der Waals surface area (Å²) in [5, 5.41) is 6.48. The maximum Gasteiger partial charge on any atom is 0.224 e. The lowest BCUT2D eigenvalue weighted by Crippen LogP contribution is -2.08. The molecule has 2 aromatic carbocycles. The number of hydrogen-bond donors (Lipinski definition) is 2. The Morgan fingerprint density at radius 3 is 2.62 bits per heavy atom. The minimum Gasteiger partial charge on any atom is -0.455 e. The Hall–Kier alpha value is -3.12. The second kappa shape index (κ2) is 9.39. The van der Waals surface area contributed by atoms with Gasteiger partial charge in [0.25, 0.3) is 0 Å². The molecule has 0 radical (unpaired) electrons. The molecule has 0 saturated carbocycles. The molecule has 0 bridgehead atoms. The zero-order valence-electron chi connectivity index (χ0n) is 14.7. The third-order valence-electron chi connectivity index (χ3n) is 3.58. The van der Waals surface area contributed by atoms with Gasteiger partial charge in [0.05, 0.1) is 5.69 Å². The van der Waals surface area contributed by atoms with Gasteiger partial charge in [-0.25, -0.2) is 4.98 Å². The number of anilines is 3. The van der Waals surface area contributed by atoms with Crippen molar-refractivity contribution in [2.24, 2.45) is 0 Å². The Kier molecular flexibility index (Phi) is 6.39. The smallest absolute Gasteiger partial charge is 0.224 e. The average molecular weight is 350 g/mol.